The van der Waals surface area contributed by atoms with Gasteiger partial charge in [-0.05, 0) is 47.2 Å². The van der Waals surface area contributed by atoms with Gasteiger partial charge in [-0.3, -0.25) is 0 Å². The van der Waals surface area contributed by atoms with Gasteiger partial charge in [-0.2, -0.15) is 0 Å². The molecule has 2 fully saturated rings. The van der Waals surface area contributed by atoms with Crippen molar-refractivity contribution in [1.29, 1.82) is 0 Å². The average Bonchev–Trinajstić information content (AvgIpc) is 2.95. The van der Waals surface area contributed by atoms with Crippen LogP contribution < -0.4 is 0 Å². The van der Waals surface area contributed by atoms with Gasteiger partial charge in [0.1, 0.15) is 17.8 Å². The van der Waals surface area contributed by atoms with Crippen LogP contribution in [0.1, 0.15) is 41.0 Å². The van der Waals surface area contributed by atoms with Gasteiger partial charge in [0.2, 0.25) is 0 Å². The summed E-state index contributed by atoms with van der Waals surface area (Å²) in [5, 5.41) is 55.1. The molecule has 4 rings (SSSR count). The minimum Gasteiger partial charge on any atom is -0.392 e. The lowest BCUT2D eigenvalue weighted by atomic mass is 9.58. The summed E-state index contributed by atoms with van der Waals surface area (Å²) in [4.78, 5) is 0. The smallest absolute Gasteiger partial charge is 0.136 e. The molecule has 0 aromatic rings. The Hall–Kier alpha value is -0.720. The third-order valence-corrected chi connectivity index (χ3v) is 9.00. The van der Waals surface area contributed by atoms with Gasteiger partial charge in [0.25, 0.3) is 0 Å². The van der Waals surface area contributed by atoms with E-state index in [4.69, 9.17) is 0 Å². The average molecular weight is 364 g/mol. The van der Waals surface area contributed by atoms with E-state index < -0.39 is 35.9 Å². The van der Waals surface area contributed by atoms with Crippen molar-refractivity contribution in [2.75, 3.05) is 6.61 Å². The van der Waals surface area contributed by atoms with Crippen LogP contribution in [0.3, 0.4) is 0 Å². The second-order valence-electron chi connectivity index (χ2n) is 10.1. The minimum absolute atomic E-state index is 0.00286. The van der Waals surface area contributed by atoms with Gasteiger partial charge < -0.3 is 25.5 Å². The van der Waals surface area contributed by atoms with Crippen LogP contribution in [0.2, 0.25) is 0 Å². The van der Waals surface area contributed by atoms with Gasteiger partial charge in [-0.25, -0.2) is 0 Å². The second-order valence-corrected chi connectivity index (χ2v) is 10.1. The fraction of sp³-hybridized carbons (Fsp3) is 0.810. The predicted molar refractivity (Wildman–Crippen MR) is 97.0 cm³/mol. The number of hydrogen-bond donors (Lipinski definition) is 5. The van der Waals surface area contributed by atoms with Gasteiger partial charge >= 0.3 is 0 Å². The Bertz CT molecular complexity index is 711. The van der Waals surface area contributed by atoms with Crippen molar-refractivity contribution in [2.24, 2.45) is 34.0 Å². The maximum Gasteiger partial charge on any atom is 0.136 e. The van der Waals surface area contributed by atoms with Crippen LogP contribution in [-0.4, -0.2) is 56.1 Å². The maximum atomic E-state index is 11.7. The number of fused-ring (bicyclic) bond motifs is 3. The van der Waals surface area contributed by atoms with Crippen molar-refractivity contribution in [3.63, 3.8) is 0 Å². The molecule has 0 heterocycles. The Morgan fingerprint density at radius 3 is 2.31 bits per heavy atom. The second kappa shape index (κ2) is 5.00. The van der Waals surface area contributed by atoms with Crippen LogP contribution in [0, 0.1) is 34.0 Å². The van der Waals surface area contributed by atoms with Gasteiger partial charge in [-0.15, -0.1) is 0 Å². The molecule has 26 heavy (non-hydrogen) atoms. The van der Waals surface area contributed by atoms with Crippen molar-refractivity contribution < 1.29 is 25.5 Å². The standard InChI is InChI=1S/C21H32O5/c1-10-7-20-11(2)8-19(5)14(18(19,3)4)13(17(20)25)6-12(9-22)16(24)21(20,26)15(10)23/h6-7,11,13-17,22-26H,8-9H2,1-5H3/t11-,13+,14-,15+,16-,17?,19?,20+,21-/m1/s1. The van der Waals surface area contributed by atoms with E-state index >= 15 is 0 Å². The van der Waals surface area contributed by atoms with Crippen LogP contribution in [-0.2, 0) is 0 Å². The molecule has 2 unspecified atom stereocenters. The van der Waals surface area contributed by atoms with Gasteiger partial charge in [0.15, 0.2) is 0 Å². The summed E-state index contributed by atoms with van der Waals surface area (Å²) >= 11 is 0. The lowest BCUT2D eigenvalue weighted by Gasteiger charge is -2.52. The molecule has 5 nitrogen and oxygen atoms in total. The summed E-state index contributed by atoms with van der Waals surface area (Å²) in [6.45, 7) is 9.98. The van der Waals surface area contributed by atoms with Gasteiger partial charge in [0, 0.05) is 5.92 Å². The number of aliphatic hydroxyl groups is 5. The Balaban J connectivity index is 2.01. The highest BCUT2D eigenvalue weighted by Gasteiger charge is 2.79. The summed E-state index contributed by atoms with van der Waals surface area (Å²) in [6.07, 6.45) is 0.730. The van der Waals surface area contributed by atoms with E-state index in [2.05, 4.69) is 20.8 Å². The summed E-state index contributed by atoms with van der Waals surface area (Å²) in [5.41, 5.74) is -2.22. The van der Waals surface area contributed by atoms with E-state index in [-0.39, 0.29) is 28.6 Å². The molecule has 2 saturated carbocycles. The molecule has 2 bridgehead atoms. The molecule has 0 aromatic carbocycles. The molecular weight excluding hydrogens is 332 g/mol. The molecule has 0 aliphatic heterocycles. The highest BCUT2D eigenvalue weighted by Crippen LogP contribution is 2.79. The minimum atomic E-state index is -1.95. The fourth-order valence-electron chi connectivity index (χ4n) is 7.36. The van der Waals surface area contributed by atoms with E-state index in [9.17, 15) is 25.5 Å². The largest absolute Gasteiger partial charge is 0.392 e. The molecule has 0 saturated heterocycles. The first-order valence-corrected chi connectivity index (χ1v) is 9.68. The summed E-state index contributed by atoms with van der Waals surface area (Å²) in [7, 11) is 0. The molecular formula is C21H32O5. The van der Waals surface area contributed by atoms with E-state index in [1.54, 1.807) is 19.1 Å². The first kappa shape index (κ1) is 18.6. The first-order chi connectivity index (χ1) is 11.9. The quantitative estimate of drug-likeness (QED) is 0.447. The SMILES string of the molecule is CC1=C[C@]23C(O)[C@@H](C=C(CO)[C@@H](O)[C@]2(O)[C@H]1O)[C@@H]1C(C)(C)C1(C)C[C@H]3C. The number of hydrogen-bond acceptors (Lipinski definition) is 5. The molecule has 146 valence electrons. The molecule has 0 aromatic heterocycles. The molecule has 4 aliphatic rings. The van der Waals surface area contributed by atoms with Crippen molar-refractivity contribution in [3.8, 4) is 0 Å². The summed E-state index contributed by atoms with van der Waals surface area (Å²) in [6, 6.07) is 0. The van der Waals surface area contributed by atoms with Crippen LogP contribution in [0.25, 0.3) is 0 Å². The van der Waals surface area contributed by atoms with Crippen molar-refractivity contribution in [3.05, 3.63) is 23.3 Å². The molecule has 5 heteroatoms. The van der Waals surface area contributed by atoms with Gasteiger partial charge in [-0.1, -0.05) is 39.8 Å². The Kier molecular flexibility index (Phi) is 3.59. The van der Waals surface area contributed by atoms with E-state index in [0.717, 1.165) is 6.42 Å². The van der Waals surface area contributed by atoms with Crippen molar-refractivity contribution in [2.45, 2.75) is 65.0 Å². The fourth-order valence-corrected chi connectivity index (χ4v) is 7.36. The zero-order valence-electron chi connectivity index (χ0n) is 16.3. The van der Waals surface area contributed by atoms with E-state index in [1.165, 1.54) is 0 Å². The Morgan fingerprint density at radius 2 is 1.73 bits per heavy atom. The number of aliphatic hydroxyl groups excluding tert-OH is 4. The van der Waals surface area contributed by atoms with Crippen LogP contribution >= 0.6 is 0 Å². The van der Waals surface area contributed by atoms with Crippen molar-refractivity contribution in [1.82, 2.24) is 0 Å². The zero-order valence-corrected chi connectivity index (χ0v) is 16.3. The lowest BCUT2D eigenvalue weighted by Crippen LogP contribution is -2.66. The molecule has 4 aliphatic carbocycles. The van der Waals surface area contributed by atoms with Gasteiger partial charge in [0.05, 0.1) is 18.1 Å². The summed E-state index contributed by atoms with van der Waals surface area (Å²) in [5.74, 6) is -0.246. The Morgan fingerprint density at radius 1 is 1.12 bits per heavy atom. The lowest BCUT2D eigenvalue weighted by molar-refractivity contribution is -0.215. The van der Waals surface area contributed by atoms with E-state index in [1.807, 2.05) is 6.92 Å². The molecule has 1 spiro atoms. The van der Waals surface area contributed by atoms with Crippen molar-refractivity contribution >= 4 is 0 Å². The molecule has 9 atom stereocenters. The third-order valence-electron chi connectivity index (χ3n) is 9.00. The van der Waals surface area contributed by atoms with Crippen LogP contribution in [0.15, 0.2) is 23.3 Å². The highest BCUT2D eigenvalue weighted by molar-refractivity contribution is 5.43. The first-order valence-electron chi connectivity index (χ1n) is 9.68. The highest BCUT2D eigenvalue weighted by atomic mass is 16.4. The predicted octanol–water partition coefficient (Wildman–Crippen LogP) is 0.997. The maximum absolute atomic E-state index is 11.7. The zero-order chi connectivity index (χ0) is 19.4. The van der Waals surface area contributed by atoms with E-state index in [0.29, 0.717) is 11.1 Å². The van der Waals surface area contributed by atoms with Crippen LogP contribution in [0.5, 0.6) is 0 Å². The Labute approximate surface area is 155 Å². The molecule has 0 radical (unpaired) electrons. The topological polar surface area (TPSA) is 101 Å². The summed E-state index contributed by atoms with van der Waals surface area (Å²) < 4.78 is 0. The normalized spacial score (nSPS) is 57.3. The third kappa shape index (κ3) is 1.67. The van der Waals surface area contributed by atoms with Crippen LogP contribution in [0.4, 0.5) is 0 Å². The molecule has 0 amide bonds. The monoisotopic (exact) mass is 364 g/mol. The molecule has 5 N–H and O–H groups in total. The number of rotatable bonds is 1.